The Morgan fingerprint density at radius 3 is 2.65 bits per heavy atom. The normalized spacial score (nSPS) is 14.2. The molecule has 1 unspecified atom stereocenters. The standard InChI is InChI=1S/C13H26N4OS2/c1-5-14-13(2,10-18)8-6-7-9-19-12-16-15-11(20-12)17(3)4/h14,18H,5-10H2,1-4H3. The molecule has 0 saturated carbocycles. The maximum atomic E-state index is 9.42. The van der Waals surface area contributed by atoms with Gasteiger partial charge in [-0.1, -0.05) is 36.4 Å². The highest BCUT2D eigenvalue weighted by Crippen LogP contribution is 2.27. The van der Waals surface area contributed by atoms with Crippen molar-refractivity contribution in [2.24, 2.45) is 0 Å². The molecule has 0 spiro atoms. The maximum absolute atomic E-state index is 9.42. The Labute approximate surface area is 130 Å². The number of nitrogens with one attached hydrogen (secondary N) is 1. The molecule has 0 aromatic carbocycles. The van der Waals surface area contributed by atoms with Gasteiger partial charge in [0.2, 0.25) is 5.13 Å². The highest BCUT2D eigenvalue weighted by atomic mass is 32.2. The molecule has 0 bridgehead atoms. The number of hydrogen-bond donors (Lipinski definition) is 2. The van der Waals surface area contributed by atoms with Gasteiger partial charge in [0.1, 0.15) is 0 Å². The number of likely N-dealkylation sites (N-methyl/N-ethyl adjacent to an activating group) is 1. The van der Waals surface area contributed by atoms with Gasteiger partial charge in [0.15, 0.2) is 4.34 Å². The van der Waals surface area contributed by atoms with Gasteiger partial charge in [-0.05, 0) is 26.3 Å². The topological polar surface area (TPSA) is 61.3 Å². The summed E-state index contributed by atoms with van der Waals surface area (Å²) in [6, 6.07) is 0. The first-order valence-corrected chi connectivity index (χ1v) is 8.80. The van der Waals surface area contributed by atoms with Crippen LogP contribution in [0.5, 0.6) is 0 Å². The molecule has 5 nitrogen and oxygen atoms in total. The second kappa shape index (κ2) is 8.81. The van der Waals surface area contributed by atoms with Gasteiger partial charge in [-0.2, -0.15) is 0 Å². The van der Waals surface area contributed by atoms with E-state index in [4.69, 9.17) is 0 Å². The molecule has 1 rings (SSSR count). The lowest BCUT2D eigenvalue weighted by Crippen LogP contribution is -2.45. The van der Waals surface area contributed by atoms with Crippen molar-refractivity contribution in [3.8, 4) is 0 Å². The minimum Gasteiger partial charge on any atom is -0.394 e. The van der Waals surface area contributed by atoms with Crippen LogP contribution in [0.4, 0.5) is 5.13 Å². The van der Waals surface area contributed by atoms with Crippen LogP contribution in [0.3, 0.4) is 0 Å². The first kappa shape index (κ1) is 17.7. The average molecular weight is 319 g/mol. The van der Waals surface area contributed by atoms with Crippen LogP contribution in [0.15, 0.2) is 4.34 Å². The third-order valence-electron chi connectivity index (χ3n) is 3.08. The van der Waals surface area contributed by atoms with E-state index in [1.165, 1.54) is 0 Å². The van der Waals surface area contributed by atoms with Gasteiger partial charge in [-0.15, -0.1) is 10.2 Å². The van der Waals surface area contributed by atoms with Gasteiger partial charge in [-0.3, -0.25) is 0 Å². The van der Waals surface area contributed by atoms with Crippen LogP contribution in [-0.4, -0.2) is 53.8 Å². The number of thioether (sulfide) groups is 1. The molecule has 0 radical (unpaired) electrons. The Morgan fingerprint density at radius 1 is 1.35 bits per heavy atom. The summed E-state index contributed by atoms with van der Waals surface area (Å²) in [6.45, 7) is 5.24. The molecule has 7 heteroatoms. The first-order chi connectivity index (χ1) is 9.50. The van der Waals surface area contributed by atoms with E-state index in [0.717, 1.165) is 41.0 Å². The largest absolute Gasteiger partial charge is 0.394 e. The van der Waals surface area contributed by atoms with Gasteiger partial charge >= 0.3 is 0 Å². The molecule has 0 fully saturated rings. The summed E-state index contributed by atoms with van der Waals surface area (Å²) in [5, 5.41) is 22.0. The fourth-order valence-electron chi connectivity index (χ4n) is 1.87. The average Bonchev–Trinajstić information content (AvgIpc) is 2.88. The summed E-state index contributed by atoms with van der Waals surface area (Å²) < 4.78 is 1.03. The molecule has 2 N–H and O–H groups in total. The summed E-state index contributed by atoms with van der Waals surface area (Å²) in [5.74, 6) is 1.05. The van der Waals surface area contributed by atoms with E-state index in [1.807, 2.05) is 19.0 Å². The van der Waals surface area contributed by atoms with Crippen molar-refractivity contribution < 1.29 is 5.11 Å². The Kier molecular flexibility index (Phi) is 7.79. The number of unbranched alkanes of at least 4 members (excludes halogenated alkanes) is 1. The van der Waals surface area contributed by atoms with Crippen molar-refractivity contribution >= 4 is 28.2 Å². The summed E-state index contributed by atoms with van der Waals surface area (Å²) >= 11 is 3.40. The van der Waals surface area contributed by atoms with E-state index < -0.39 is 0 Å². The van der Waals surface area contributed by atoms with Crippen molar-refractivity contribution in [2.45, 2.75) is 43.0 Å². The number of aliphatic hydroxyl groups is 1. The van der Waals surface area contributed by atoms with Crippen LogP contribution in [-0.2, 0) is 0 Å². The van der Waals surface area contributed by atoms with Crippen molar-refractivity contribution in [3.63, 3.8) is 0 Å². The number of aromatic nitrogens is 2. The molecule has 1 atom stereocenters. The van der Waals surface area contributed by atoms with E-state index in [1.54, 1.807) is 23.1 Å². The van der Waals surface area contributed by atoms with Crippen LogP contribution in [0, 0.1) is 0 Å². The SMILES string of the molecule is CCNC(C)(CO)CCCCSc1nnc(N(C)C)s1. The predicted molar refractivity (Wildman–Crippen MR) is 88.0 cm³/mol. The highest BCUT2D eigenvalue weighted by Gasteiger charge is 2.20. The van der Waals surface area contributed by atoms with E-state index in [2.05, 4.69) is 29.4 Å². The van der Waals surface area contributed by atoms with E-state index in [0.29, 0.717) is 0 Å². The molecule has 1 aromatic heterocycles. The lowest BCUT2D eigenvalue weighted by molar-refractivity contribution is 0.165. The van der Waals surface area contributed by atoms with Gasteiger partial charge in [0, 0.05) is 25.4 Å². The lowest BCUT2D eigenvalue weighted by Gasteiger charge is -2.28. The fourth-order valence-corrected chi connectivity index (χ4v) is 3.70. The molecule has 0 amide bonds. The molecule has 116 valence electrons. The Balaban J connectivity index is 2.21. The zero-order chi connectivity index (χ0) is 15.0. The molecule has 0 aliphatic rings. The summed E-state index contributed by atoms with van der Waals surface area (Å²) in [7, 11) is 3.96. The number of nitrogens with zero attached hydrogens (tertiary/aromatic N) is 3. The summed E-state index contributed by atoms with van der Waals surface area (Å²) in [6.07, 6.45) is 3.23. The number of aliphatic hydroxyl groups excluding tert-OH is 1. The lowest BCUT2D eigenvalue weighted by atomic mass is 9.96. The summed E-state index contributed by atoms with van der Waals surface area (Å²) in [5.41, 5.74) is -0.139. The quantitative estimate of drug-likeness (QED) is 0.509. The summed E-state index contributed by atoms with van der Waals surface area (Å²) in [4.78, 5) is 1.98. The van der Waals surface area contributed by atoms with Crippen LogP contribution in [0.2, 0.25) is 0 Å². The number of anilines is 1. The Bertz CT molecular complexity index is 386. The number of rotatable bonds is 10. The van der Waals surface area contributed by atoms with Gasteiger partial charge < -0.3 is 15.3 Å². The molecule has 0 aliphatic heterocycles. The van der Waals surface area contributed by atoms with Crippen LogP contribution in [0.25, 0.3) is 0 Å². The second-order valence-corrected chi connectivity index (χ2v) is 7.60. The maximum Gasteiger partial charge on any atom is 0.208 e. The zero-order valence-corrected chi connectivity index (χ0v) is 14.5. The Hall–Kier alpha value is -0.370. The van der Waals surface area contributed by atoms with Crippen LogP contribution < -0.4 is 10.2 Å². The monoisotopic (exact) mass is 318 g/mol. The third kappa shape index (κ3) is 5.95. The van der Waals surface area contributed by atoms with E-state index in [9.17, 15) is 5.11 Å². The van der Waals surface area contributed by atoms with E-state index >= 15 is 0 Å². The van der Waals surface area contributed by atoms with Crippen molar-refractivity contribution in [2.75, 3.05) is 37.9 Å². The molecule has 0 saturated heterocycles. The fraction of sp³-hybridized carbons (Fsp3) is 0.846. The molecule has 1 heterocycles. The molecule has 20 heavy (non-hydrogen) atoms. The second-order valence-electron chi connectivity index (χ2n) is 5.30. The van der Waals surface area contributed by atoms with Crippen LogP contribution in [0.1, 0.15) is 33.1 Å². The minimum atomic E-state index is -0.139. The number of hydrogen-bond acceptors (Lipinski definition) is 7. The Morgan fingerprint density at radius 2 is 2.10 bits per heavy atom. The molecule has 1 aromatic rings. The smallest absolute Gasteiger partial charge is 0.208 e. The molecular formula is C13H26N4OS2. The van der Waals surface area contributed by atoms with Crippen molar-refractivity contribution in [1.29, 1.82) is 0 Å². The van der Waals surface area contributed by atoms with Gasteiger partial charge in [-0.25, -0.2) is 0 Å². The highest BCUT2D eigenvalue weighted by molar-refractivity contribution is 8.01. The third-order valence-corrected chi connectivity index (χ3v) is 5.39. The van der Waals surface area contributed by atoms with Crippen LogP contribution >= 0.6 is 23.1 Å². The van der Waals surface area contributed by atoms with Crippen molar-refractivity contribution in [1.82, 2.24) is 15.5 Å². The first-order valence-electron chi connectivity index (χ1n) is 7.00. The van der Waals surface area contributed by atoms with E-state index in [-0.39, 0.29) is 12.1 Å². The van der Waals surface area contributed by atoms with Gasteiger partial charge in [0.05, 0.1) is 6.61 Å². The van der Waals surface area contributed by atoms with Crippen molar-refractivity contribution in [3.05, 3.63) is 0 Å². The molecule has 0 aliphatic carbocycles. The zero-order valence-electron chi connectivity index (χ0n) is 12.8. The minimum absolute atomic E-state index is 0.139. The molecular weight excluding hydrogens is 292 g/mol. The van der Waals surface area contributed by atoms with Gasteiger partial charge in [0.25, 0.3) is 0 Å². The predicted octanol–water partition coefficient (Wildman–Crippen LogP) is 2.23.